The molecule has 0 radical (unpaired) electrons. The maximum absolute atomic E-state index is 12.3. The number of nitrogens with zero attached hydrogens (tertiary/aromatic N) is 2. The Kier molecular flexibility index (Phi) is 11.4. The van der Waals surface area contributed by atoms with Crippen molar-refractivity contribution in [1.82, 2.24) is 15.3 Å². The molecule has 41 heavy (non-hydrogen) atoms. The fraction of sp³-hybridized carbons (Fsp3) is 0.400. The van der Waals surface area contributed by atoms with Crippen LogP contribution in [0.4, 0.5) is 13.2 Å². The molecule has 2 heterocycles. The zero-order valence-electron chi connectivity index (χ0n) is 21.9. The van der Waals surface area contributed by atoms with Crippen LogP contribution in [0.5, 0.6) is 11.5 Å². The van der Waals surface area contributed by atoms with Crippen LogP contribution >= 0.6 is 22.7 Å². The first kappa shape index (κ1) is 31.8. The van der Waals surface area contributed by atoms with Crippen LogP contribution in [0.25, 0.3) is 0 Å². The summed E-state index contributed by atoms with van der Waals surface area (Å²) >= 11 is 2.47. The maximum Gasteiger partial charge on any atom is 0.573 e. The number of alkyl halides is 3. The Labute approximate surface area is 241 Å². The van der Waals surface area contributed by atoms with Gasteiger partial charge in [-0.1, -0.05) is 13.3 Å². The van der Waals surface area contributed by atoms with E-state index in [0.29, 0.717) is 34.3 Å². The first-order valence-electron chi connectivity index (χ1n) is 12.4. The first-order valence-corrected chi connectivity index (χ1v) is 14.0. The predicted octanol–water partition coefficient (Wildman–Crippen LogP) is 3.88. The number of rotatable bonds is 16. The number of ether oxygens (including phenoxy) is 3. The molecule has 1 atom stereocenters. The number of benzene rings is 1. The van der Waals surface area contributed by atoms with Gasteiger partial charge in [0, 0.05) is 16.9 Å². The zero-order chi connectivity index (χ0) is 30.0. The van der Waals surface area contributed by atoms with Crippen molar-refractivity contribution in [3.05, 3.63) is 55.9 Å². The number of thiazole rings is 2. The van der Waals surface area contributed by atoms with E-state index in [2.05, 4.69) is 20.0 Å². The summed E-state index contributed by atoms with van der Waals surface area (Å²) in [5, 5.41) is 5.21. The van der Waals surface area contributed by atoms with Gasteiger partial charge in [-0.3, -0.25) is 14.4 Å². The second-order valence-electron chi connectivity index (χ2n) is 8.52. The van der Waals surface area contributed by atoms with Gasteiger partial charge in [0.05, 0.1) is 6.54 Å². The van der Waals surface area contributed by atoms with Crippen molar-refractivity contribution in [3.63, 3.8) is 0 Å². The number of unbranched alkanes of at least 4 members (excludes halogenated alkanes) is 1. The molecule has 0 fully saturated rings. The molecular weight excluding hydrogens is 587 g/mol. The average molecular weight is 616 g/mol. The standard InChI is InChI=1S/C25H28F3N5O6S2/c1-2-3-10-37-17(24-32-16(13-40-24)22(29)35)8-9-18-21(23(30)36)33-20(41-18)11-31-19(34)12-38-14-4-6-15(7-5-14)39-25(26,27)28/h4-7,13,17H,2-3,8-12H2,1H3,(H2,29,35)(H2,30,36)(H,31,34). The summed E-state index contributed by atoms with van der Waals surface area (Å²) in [6, 6.07) is 4.60. The third-order valence-corrected chi connectivity index (χ3v) is 7.39. The van der Waals surface area contributed by atoms with Gasteiger partial charge >= 0.3 is 6.36 Å². The van der Waals surface area contributed by atoms with Crippen molar-refractivity contribution in [3.8, 4) is 11.5 Å². The highest BCUT2D eigenvalue weighted by atomic mass is 32.1. The molecule has 0 bridgehead atoms. The second kappa shape index (κ2) is 14.7. The van der Waals surface area contributed by atoms with E-state index < -0.39 is 42.5 Å². The van der Waals surface area contributed by atoms with Gasteiger partial charge in [0.2, 0.25) is 0 Å². The lowest BCUT2D eigenvalue weighted by atomic mass is 10.1. The first-order chi connectivity index (χ1) is 19.4. The molecule has 16 heteroatoms. The van der Waals surface area contributed by atoms with E-state index in [9.17, 15) is 27.6 Å². The molecule has 0 aliphatic heterocycles. The van der Waals surface area contributed by atoms with Crippen LogP contribution in [0.2, 0.25) is 0 Å². The van der Waals surface area contributed by atoms with Gasteiger partial charge in [0.25, 0.3) is 17.7 Å². The molecule has 3 amide bonds. The number of aryl methyl sites for hydroxylation is 1. The Hall–Kier alpha value is -3.76. The van der Waals surface area contributed by atoms with Gasteiger partial charge in [0.15, 0.2) is 6.61 Å². The highest BCUT2D eigenvalue weighted by molar-refractivity contribution is 7.12. The van der Waals surface area contributed by atoms with Crippen molar-refractivity contribution in [2.75, 3.05) is 13.2 Å². The highest BCUT2D eigenvalue weighted by Gasteiger charge is 2.31. The molecule has 11 nitrogen and oxygen atoms in total. The number of primary amides is 2. The number of carbonyl (C=O) groups is 3. The van der Waals surface area contributed by atoms with E-state index in [0.717, 1.165) is 25.0 Å². The zero-order valence-corrected chi connectivity index (χ0v) is 23.5. The summed E-state index contributed by atoms with van der Waals surface area (Å²) in [4.78, 5) is 44.9. The molecule has 0 saturated carbocycles. The van der Waals surface area contributed by atoms with Gasteiger partial charge in [0.1, 0.15) is 39.0 Å². The monoisotopic (exact) mass is 615 g/mol. The predicted molar refractivity (Wildman–Crippen MR) is 144 cm³/mol. The van der Waals surface area contributed by atoms with E-state index >= 15 is 0 Å². The van der Waals surface area contributed by atoms with E-state index in [-0.39, 0.29) is 23.7 Å². The largest absolute Gasteiger partial charge is 0.573 e. The summed E-state index contributed by atoms with van der Waals surface area (Å²) in [6.07, 6.45) is -2.66. The van der Waals surface area contributed by atoms with Crippen LogP contribution in [0.15, 0.2) is 29.6 Å². The fourth-order valence-corrected chi connectivity index (χ4v) is 5.33. The van der Waals surface area contributed by atoms with Crippen LogP contribution in [-0.2, 0) is 22.5 Å². The highest BCUT2D eigenvalue weighted by Crippen LogP contribution is 2.29. The number of carbonyl (C=O) groups excluding carboxylic acids is 3. The SMILES string of the molecule is CCCCOC(CCc1sc(CNC(=O)COc2ccc(OC(F)(F)F)cc2)nc1C(N)=O)c1nc(C(N)=O)cs1. The lowest BCUT2D eigenvalue weighted by Gasteiger charge is -2.15. The second-order valence-corrected chi connectivity index (χ2v) is 10.6. The molecule has 2 aromatic heterocycles. The normalized spacial score (nSPS) is 12.1. The number of nitrogens with two attached hydrogens (primary N) is 2. The minimum absolute atomic E-state index is 0.00359. The summed E-state index contributed by atoms with van der Waals surface area (Å²) in [6.45, 7) is 2.11. The molecule has 3 rings (SSSR count). The Bertz CT molecular complexity index is 1330. The van der Waals surface area contributed by atoms with Gasteiger partial charge in [-0.2, -0.15) is 0 Å². The van der Waals surface area contributed by atoms with Crippen molar-refractivity contribution >= 4 is 40.4 Å². The molecule has 3 aromatic rings. The Morgan fingerprint density at radius 1 is 1.07 bits per heavy atom. The smallest absolute Gasteiger partial charge is 0.484 e. The van der Waals surface area contributed by atoms with Gasteiger partial charge in [-0.15, -0.1) is 35.8 Å². The molecule has 0 saturated heterocycles. The number of hydrogen-bond acceptors (Lipinski definition) is 10. The number of aromatic nitrogens is 2. The number of nitrogens with one attached hydrogen (secondary N) is 1. The van der Waals surface area contributed by atoms with E-state index in [1.807, 2.05) is 6.92 Å². The van der Waals surface area contributed by atoms with Crippen LogP contribution < -0.4 is 26.3 Å². The maximum atomic E-state index is 12.3. The summed E-state index contributed by atoms with van der Waals surface area (Å²) < 4.78 is 51.9. The number of amides is 3. The van der Waals surface area contributed by atoms with Crippen LogP contribution in [0.1, 0.15) is 68.2 Å². The van der Waals surface area contributed by atoms with Gasteiger partial charge < -0.3 is 31.0 Å². The third kappa shape index (κ3) is 10.3. The molecule has 1 unspecified atom stereocenters. The van der Waals surface area contributed by atoms with Crippen LogP contribution in [0.3, 0.4) is 0 Å². The molecule has 222 valence electrons. The molecule has 0 aliphatic rings. The van der Waals surface area contributed by atoms with E-state index in [4.69, 9.17) is 20.9 Å². The van der Waals surface area contributed by atoms with Crippen molar-refractivity contribution < 1.29 is 41.8 Å². The minimum atomic E-state index is -4.81. The third-order valence-electron chi connectivity index (χ3n) is 5.34. The molecule has 5 N–H and O–H groups in total. The number of halogens is 3. The quantitative estimate of drug-likeness (QED) is 0.204. The lowest BCUT2D eigenvalue weighted by Crippen LogP contribution is -2.28. The summed E-state index contributed by atoms with van der Waals surface area (Å²) in [5.41, 5.74) is 11.1. The Morgan fingerprint density at radius 3 is 2.39 bits per heavy atom. The Morgan fingerprint density at radius 2 is 1.78 bits per heavy atom. The lowest BCUT2D eigenvalue weighted by molar-refractivity contribution is -0.274. The van der Waals surface area contributed by atoms with Gasteiger partial charge in [-0.25, -0.2) is 9.97 Å². The van der Waals surface area contributed by atoms with Crippen molar-refractivity contribution in [1.29, 1.82) is 0 Å². The topological polar surface area (TPSA) is 169 Å². The minimum Gasteiger partial charge on any atom is -0.484 e. The molecular formula is C25H28F3N5O6S2. The molecule has 0 spiro atoms. The van der Waals surface area contributed by atoms with Crippen molar-refractivity contribution in [2.45, 2.75) is 51.6 Å². The van der Waals surface area contributed by atoms with Crippen LogP contribution in [0, 0.1) is 0 Å². The van der Waals surface area contributed by atoms with E-state index in [1.54, 1.807) is 5.38 Å². The van der Waals surface area contributed by atoms with E-state index in [1.165, 1.54) is 34.8 Å². The summed E-state index contributed by atoms with van der Waals surface area (Å²) in [5.74, 6) is -2.12. The van der Waals surface area contributed by atoms with Crippen LogP contribution in [-0.4, -0.2) is 47.3 Å². The average Bonchev–Trinajstić information content (AvgIpc) is 3.56. The molecule has 1 aromatic carbocycles. The molecule has 0 aliphatic carbocycles. The van der Waals surface area contributed by atoms with Gasteiger partial charge in [-0.05, 0) is 43.5 Å². The summed E-state index contributed by atoms with van der Waals surface area (Å²) in [7, 11) is 0. The fourth-order valence-electron chi connectivity index (χ4n) is 3.41. The Balaban J connectivity index is 1.57. The van der Waals surface area contributed by atoms with Crippen molar-refractivity contribution in [2.24, 2.45) is 11.5 Å². The number of hydrogen-bond donors (Lipinski definition) is 3.